The number of benzene rings is 1. The van der Waals surface area contributed by atoms with Crippen LogP contribution >= 0.6 is 22.7 Å². The maximum atomic E-state index is 12.6. The van der Waals surface area contributed by atoms with Crippen LogP contribution in [0.1, 0.15) is 40.9 Å². The molecule has 6 nitrogen and oxygen atoms in total. The summed E-state index contributed by atoms with van der Waals surface area (Å²) in [5.41, 5.74) is 2.70. The minimum Gasteiger partial charge on any atom is -0.347 e. The van der Waals surface area contributed by atoms with E-state index in [0.29, 0.717) is 11.4 Å². The molecule has 1 aliphatic carbocycles. The number of carbonyl (C=O) groups is 2. The summed E-state index contributed by atoms with van der Waals surface area (Å²) >= 11 is 2.98. The van der Waals surface area contributed by atoms with E-state index in [1.54, 1.807) is 11.3 Å². The van der Waals surface area contributed by atoms with Gasteiger partial charge < -0.3 is 10.6 Å². The number of nitrogens with zero attached hydrogens (tertiary/aromatic N) is 2. The fourth-order valence-corrected chi connectivity index (χ4v) is 5.54. The molecule has 3 aromatic heterocycles. The lowest BCUT2D eigenvalue weighted by Crippen LogP contribution is -2.22. The summed E-state index contributed by atoms with van der Waals surface area (Å²) in [7, 11) is 0. The van der Waals surface area contributed by atoms with Gasteiger partial charge in [0.2, 0.25) is 5.91 Å². The third kappa shape index (κ3) is 3.65. The summed E-state index contributed by atoms with van der Waals surface area (Å²) in [5.74, 6) is 0.120. The summed E-state index contributed by atoms with van der Waals surface area (Å²) in [6.45, 7) is 0.405. The molecule has 0 unspecified atom stereocenters. The molecule has 2 N–H and O–H groups in total. The standard InChI is InChI=1S/C21H20N4O2S2/c26-18(14-5-1-2-6-14)23-15-7-3-4-13(10-15)12-22-19(27)17-11-16-20(29-17)24-21-25(16)8-9-28-21/h3-4,7-11,14H,1-2,5-6,12H2,(H,22,27)(H,23,26). The zero-order valence-electron chi connectivity index (χ0n) is 15.7. The molecule has 8 heteroatoms. The van der Waals surface area contributed by atoms with E-state index in [2.05, 4.69) is 15.6 Å². The average molecular weight is 425 g/mol. The van der Waals surface area contributed by atoms with Crippen LogP contribution in [0.4, 0.5) is 5.69 Å². The second-order valence-corrected chi connectivity index (χ2v) is 9.23. The molecule has 4 aromatic rings. The maximum Gasteiger partial charge on any atom is 0.261 e. The highest BCUT2D eigenvalue weighted by Gasteiger charge is 2.22. The van der Waals surface area contributed by atoms with Crippen molar-refractivity contribution in [3.63, 3.8) is 0 Å². The van der Waals surface area contributed by atoms with Crippen LogP contribution in [0, 0.1) is 5.92 Å². The highest BCUT2D eigenvalue weighted by atomic mass is 32.1. The third-order valence-electron chi connectivity index (χ3n) is 5.34. The first-order chi connectivity index (χ1) is 14.2. The van der Waals surface area contributed by atoms with Crippen molar-refractivity contribution in [1.82, 2.24) is 14.7 Å². The summed E-state index contributed by atoms with van der Waals surface area (Å²) in [4.78, 5) is 31.9. The van der Waals surface area contributed by atoms with Gasteiger partial charge in [0.05, 0.1) is 10.4 Å². The number of rotatable bonds is 5. The van der Waals surface area contributed by atoms with Gasteiger partial charge in [0.25, 0.3) is 5.91 Å². The van der Waals surface area contributed by atoms with Crippen LogP contribution in [-0.2, 0) is 11.3 Å². The van der Waals surface area contributed by atoms with Gasteiger partial charge in [-0.3, -0.25) is 14.0 Å². The molecule has 1 saturated carbocycles. The quantitative estimate of drug-likeness (QED) is 0.489. The van der Waals surface area contributed by atoms with Gasteiger partial charge in [-0.2, -0.15) is 0 Å². The summed E-state index contributed by atoms with van der Waals surface area (Å²) in [5, 5.41) is 7.96. The Bertz CT molecular complexity index is 1200. The molecule has 0 bridgehead atoms. The largest absolute Gasteiger partial charge is 0.347 e. The Kier molecular flexibility index (Phi) is 4.81. The number of hydrogen-bond acceptors (Lipinski definition) is 5. The second kappa shape index (κ2) is 7.61. The highest BCUT2D eigenvalue weighted by molar-refractivity contribution is 7.21. The van der Waals surface area contributed by atoms with Crippen molar-refractivity contribution in [2.75, 3.05) is 5.32 Å². The predicted molar refractivity (Wildman–Crippen MR) is 117 cm³/mol. The number of aromatic nitrogens is 2. The Balaban J connectivity index is 1.24. The minimum atomic E-state index is -0.114. The summed E-state index contributed by atoms with van der Waals surface area (Å²) < 4.78 is 2.00. The zero-order valence-corrected chi connectivity index (χ0v) is 17.3. The molecule has 2 amide bonds. The zero-order chi connectivity index (χ0) is 19.8. The van der Waals surface area contributed by atoms with Crippen LogP contribution in [0.3, 0.4) is 0 Å². The van der Waals surface area contributed by atoms with E-state index < -0.39 is 0 Å². The van der Waals surface area contributed by atoms with E-state index in [-0.39, 0.29) is 17.7 Å². The molecule has 29 heavy (non-hydrogen) atoms. The van der Waals surface area contributed by atoms with Gasteiger partial charge in [-0.1, -0.05) is 25.0 Å². The smallest absolute Gasteiger partial charge is 0.261 e. The number of imidazole rings is 1. The first-order valence-corrected chi connectivity index (χ1v) is 11.4. The second-order valence-electron chi connectivity index (χ2n) is 7.32. The number of hydrogen-bond donors (Lipinski definition) is 2. The van der Waals surface area contributed by atoms with E-state index in [9.17, 15) is 9.59 Å². The van der Waals surface area contributed by atoms with Gasteiger partial charge in [-0.05, 0) is 36.6 Å². The first-order valence-electron chi connectivity index (χ1n) is 9.70. The number of amides is 2. The topological polar surface area (TPSA) is 75.5 Å². The van der Waals surface area contributed by atoms with Gasteiger partial charge in [-0.25, -0.2) is 4.98 Å². The Morgan fingerprint density at radius 3 is 2.93 bits per heavy atom. The van der Waals surface area contributed by atoms with Crippen molar-refractivity contribution in [2.45, 2.75) is 32.2 Å². The predicted octanol–water partition coefficient (Wildman–Crippen LogP) is 4.67. The van der Waals surface area contributed by atoms with Crippen LogP contribution in [0.5, 0.6) is 0 Å². The van der Waals surface area contributed by atoms with Crippen LogP contribution < -0.4 is 10.6 Å². The van der Waals surface area contributed by atoms with Crippen LogP contribution in [-0.4, -0.2) is 21.2 Å². The van der Waals surface area contributed by atoms with E-state index in [4.69, 9.17) is 0 Å². The highest BCUT2D eigenvalue weighted by Crippen LogP contribution is 2.28. The molecule has 3 heterocycles. The Morgan fingerprint density at radius 2 is 2.07 bits per heavy atom. The monoisotopic (exact) mass is 424 g/mol. The average Bonchev–Trinajstić information content (AvgIpc) is 3.48. The molecule has 0 saturated heterocycles. The third-order valence-corrected chi connectivity index (χ3v) is 7.11. The lowest BCUT2D eigenvalue weighted by atomic mass is 10.1. The fraction of sp³-hybridized carbons (Fsp3) is 0.286. The minimum absolute atomic E-state index is 0.103. The molecular weight excluding hydrogens is 404 g/mol. The van der Waals surface area contributed by atoms with Gasteiger partial charge in [-0.15, -0.1) is 22.7 Å². The summed E-state index contributed by atoms with van der Waals surface area (Å²) in [6, 6.07) is 9.55. The van der Waals surface area contributed by atoms with Gasteiger partial charge in [0.1, 0.15) is 4.83 Å². The van der Waals surface area contributed by atoms with Gasteiger partial charge >= 0.3 is 0 Å². The molecule has 0 spiro atoms. The lowest BCUT2D eigenvalue weighted by molar-refractivity contribution is -0.119. The fourth-order valence-electron chi connectivity index (χ4n) is 3.82. The summed E-state index contributed by atoms with van der Waals surface area (Å²) in [6.07, 6.45) is 6.19. The molecule has 1 aliphatic rings. The van der Waals surface area contributed by atoms with E-state index in [1.807, 2.05) is 46.3 Å². The molecule has 5 rings (SSSR count). The number of thiazole rings is 1. The normalized spacial score (nSPS) is 14.6. The number of nitrogens with one attached hydrogen (secondary N) is 2. The van der Waals surface area contributed by atoms with Crippen LogP contribution in [0.2, 0.25) is 0 Å². The SMILES string of the molecule is O=C(NCc1cccc(NC(=O)C2CCCC2)c1)c1cc2c(nc3sccn32)s1. The van der Waals surface area contributed by atoms with Crippen molar-refractivity contribution in [2.24, 2.45) is 5.92 Å². The van der Waals surface area contributed by atoms with Crippen molar-refractivity contribution in [3.05, 3.63) is 52.3 Å². The van der Waals surface area contributed by atoms with Crippen LogP contribution in [0.25, 0.3) is 15.3 Å². The molecule has 1 aromatic carbocycles. The Labute approximate surface area is 175 Å². The van der Waals surface area contributed by atoms with E-state index >= 15 is 0 Å². The van der Waals surface area contributed by atoms with Crippen LogP contribution in [0.15, 0.2) is 41.9 Å². The van der Waals surface area contributed by atoms with E-state index in [1.165, 1.54) is 11.3 Å². The number of carbonyl (C=O) groups excluding carboxylic acids is 2. The molecular formula is C21H20N4O2S2. The molecule has 0 radical (unpaired) electrons. The van der Waals surface area contributed by atoms with Crippen molar-refractivity contribution < 1.29 is 9.59 Å². The molecule has 0 atom stereocenters. The Morgan fingerprint density at radius 1 is 1.21 bits per heavy atom. The molecule has 0 aliphatic heterocycles. The Hall–Kier alpha value is -2.71. The van der Waals surface area contributed by atoms with Crippen molar-refractivity contribution in [3.8, 4) is 0 Å². The number of thiophene rings is 1. The first kappa shape index (κ1) is 18.3. The van der Waals surface area contributed by atoms with Crippen molar-refractivity contribution >= 4 is 55.5 Å². The van der Waals surface area contributed by atoms with E-state index in [0.717, 1.165) is 52.2 Å². The molecule has 1 fully saturated rings. The number of fused-ring (bicyclic) bond motifs is 3. The number of anilines is 1. The maximum absolute atomic E-state index is 12.6. The molecule has 148 valence electrons. The van der Waals surface area contributed by atoms with Crippen molar-refractivity contribution in [1.29, 1.82) is 0 Å². The lowest BCUT2D eigenvalue weighted by Gasteiger charge is -2.11. The van der Waals surface area contributed by atoms with Gasteiger partial charge in [0, 0.05) is 29.7 Å². The van der Waals surface area contributed by atoms with Gasteiger partial charge in [0.15, 0.2) is 4.96 Å².